The van der Waals surface area contributed by atoms with Crippen molar-refractivity contribution in [3.8, 4) is 0 Å². The molecule has 0 aliphatic carbocycles. The van der Waals surface area contributed by atoms with Gasteiger partial charge in [-0.1, -0.05) is 60.7 Å². The molecule has 2 aliphatic rings. The molecule has 6 atom stereocenters. The van der Waals surface area contributed by atoms with Crippen molar-refractivity contribution in [3.63, 3.8) is 0 Å². The molecule has 1 N–H and O–H groups in total. The van der Waals surface area contributed by atoms with Crippen LogP contribution in [0, 0.1) is 5.53 Å². The van der Waals surface area contributed by atoms with Gasteiger partial charge in [-0.05, 0) is 5.56 Å². The lowest BCUT2D eigenvalue weighted by Gasteiger charge is -2.45. The summed E-state index contributed by atoms with van der Waals surface area (Å²) in [7, 11) is 1.62. The first-order valence-corrected chi connectivity index (χ1v) is 10.6. The molecule has 4 rings (SSSR count). The van der Waals surface area contributed by atoms with E-state index in [1.54, 1.807) is 18.9 Å². The smallest absolute Gasteiger partial charge is 0.214 e. The molecule has 0 spiro atoms. The van der Waals surface area contributed by atoms with Crippen LogP contribution < -0.4 is 4.91 Å². The van der Waals surface area contributed by atoms with Gasteiger partial charge in [0.05, 0.1) is 11.9 Å². The second-order valence-corrected chi connectivity index (χ2v) is 8.09. The largest absolute Gasteiger partial charge is 0.355 e. The van der Waals surface area contributed by atoms with Gasteiger partial charge in [-0.2, -0.15) is 0 Å². The van der Waals surface area contributed by atoms with Gasteiger partial charge in [0, 0.05) is 18.4 Å². The van der Waals surface area contributed by atoms with Crippen LogP contribution in [-0.4, -0.2) is 43.5 Å². The molecule has 2 aromatic carbocycles. The minimum absolute atomic E-state index is 0.162. The van der Waals surface area contributed by atoms with Crippen molar-refractivity contribution in [2.75, 3.05) is 13.7 Å². The Balaban J connectivity index is 1.55. The molecule has 2 saturated heterocycles. The minimum atomic E-state index is -0.497. The van der Waals surface area contributed by atoms with E-state index in [1.165, 1.54) is 5.56 Å². The second kappa shape index (κ2) is 9.63. The molecule has 0 saturated carbocycles. The van der Waals surface area contributed by atoms with Gasteiger partial charge in [-0.3, -0.25) is 0 Å². The average molecular weight is 415 g/mol. The standard InChI is InChI=1S/C21H24N3O4S/c1-25-21-19(29-13-14-8-4-2-5-9-14)17(23-24-22)18-16(27-21)12-26-20(28-18)15-10-6-3-7-11-15/h2-11,16-22H,12-13H2,1H3/q+1. The molecule has 2 aromatic rings. The van der Waals surface area contributed by atoms with E-state index in [0.29, 0.717) is 6.61 Å². The van der Waals surface area contributed by atoms with E-state index in [2.05, 4.69) is 22.2 Å². The van der Waals surface area contributed by atoms with Gasteiger partial charge < -0.3 is 18.9 Å². The molecule has 7 nitrogen and oxygen atoms in total. The number of fused-ring (bicyclic) bond motifs is 1. The zero-order chi connectivity index (χ0) is 20.1. The lowest BCUT2D eigenvalue weighted by Crippen LogP contribution is -2.60. The van der Waals surface area contributed by atoms with Crippen molar-refractivity contribution in [2.45, 2.75) is 41.8 Å². The monoisotopic (exact) mass is 414 g/mol. The second-order valence-electron chi connectivity index (χ2n) is 6.92. The van der Waals surface area contributed by atoms with Crippen molar-refractivity contribution in [1.29, 1.82) is 5.53 Å². The maximum atomic E-state index is 7.35. The Morgan fingerprint density at radius 3 is 2.52 bits per heavy atom. The average Bonchev–Trinajstić information content (AvgIpc) is 2.79. The summed E-state index contributed by atoms with van der Waals surface area (Å²) in [4.78, 5) is 3.35. The van der Waals surface area contributed by atoms with Gasteiger partial charge in [-0.15, -0.1) is 11.8 Å². The van der Waals surface area contributed by atoms with Crippen LogP contribution in [0.4, 0.5) is 0 Å². The van der Waals surface area contributed by atoms with Crippen LogP contribution in [0.15, 0.2) is 65.8 Å². The van der Waals surface area contributed by atoms with Crippen LogP contribution in [-0.2, 0) is 24.7 Å². The Morgan fingerprint density at radius 1 is 1.10 bits per heavy atom. The van der Waals surface area contributed by atoms with Gasteiger partial charge in [-0.25, -0.2) is 0 Å². The molecule has 0 aromatic heterocycles. The fourth-order valence-electron chi connectivity index (χ4n) is 3.68. The van der Waals surface area contributed by atoms with E-state index in [0.717, 1.165) is 11.3 Å². The number of hydrogen-bond donors (Lipinski definition) is 1. The van der Waals surface area contributed by atoms with Crippen molar-refractivity contribution in [2.24, 2.45) is 5.11 Å². The van der Waals surface area contributed by atoms with E-state index in [4.69, 9.17) is 24.5 Å². The van der Waals surface area contributed by atoms with Crippen LogP contribution in [0.2, 0.25) is 0 Å². The van der Waals surface area contributed by atoms with Gasteiger partial charge in [0.2, 0.25) is 4.91 Å². The number of nitrogens with zero attached hydrogens (tertiary/aromatic N) is 2. The van der Waals surface area contributed by atoms with Gasteiger partial charge in [0.25, 0.3) is 0 Å². The summed E-state index contributed by atoms with van der Waals surface area (Å²) in [6.45, 7) is 0.365. The lowest BCUT2D eigenvalue weighted by molar-refractivity contribution is -0.315. The predicted molar refractivity (Wildman–Crippen MR) is 108 cm³/mol. The highest BCUT2D eigenvalue weighted by Gasteiger charge is 2.53. The number of ether oxygens (including phenoxy) is 4. The van der Waals surface area contributed by atoms with Gasteiger partial charge >= 0.3 is 0 Å². The fraction of sp³-hybridized carbons (Fsp3) is 0.429. The first kappa shape index (κ1) is 20.2. The van der Waals surface area contributed by atoms with Crippen LogP contribution in [0.3, 0.4) is 0 Å². The summed E-state index contributed by atoms with van der Waals surface area (Å²) in [6.07, 6.45) is -1.68. The molecular formula is C21H24N3O4S+. The highest BCUT2D eigenvalue weighted by Crippen LogP contribution is 2.40. The Labute approximate surface area is 173 Å². The summed E-state index contributed by atoms with van der Waals surface area (Å²) in [5.74, 6) is 0.773. The molecule has 6 unspecified atom stereocenters. The zero-order valence-corrected chi connectivity index (χ0v) is 16.9. The van der Waals surface area contributed by atoms with E-state index in [1.807, 2.05) is 48.5 Å². The van der Waals surface area contributed by atoms with E-state index in [-0.39, 0.29) is 23.5 Å². The van der Waals surface area contributed by atoms with Crippen LogP contribution in [0.5, 0.6) is 0 Å². The lowest BCUT2D eigenvalue weighted by atomic mass is 9.97. The van der Waals surface area contributed by atoms with Gasteiger partial charge in [0.15, 0.2) is 18.6 Å². The normalized spacial score (nSPS) is 31.5. The molecule has 0 amide bonds. The SMILES string of the molecule is COC1OC2COC(c3ccccc3)OC2C(N=[N+]=N)C1SCc1ccccc1. The Morgan fingerprint density at radius 2 is 1.83 bits per heavy atom. The maximum Gasteiger partial charge on any atom is 0.214 e. The van der Waals surface area contributed by atoms with E-state index >= 15 is 0 Å². The highest BCUT2D eigenvalue weighted by molar-refractivity contribution is 7.99. The number of methoxy groups -OCH3 is 1. The molecule has 2 aliphatic heterocycles. The number of thioether (sulfide) groups is 1. The number of hydrogen-bond acceptors (Lipinski definition) is 7. The van der Waals surface area contributed by atoms with E-state index < -0.39 is 12.6 Å². The molecule has 0 bridgehead atoms. The first-order valence-electron chi connectivity index (χ1n) is 9.52. The molecule has 2 heterocycles. The number of rotatable bonds is 6. The minimum Gasteiger partial charge on any atom is -0.355 e. The number of benzene rings is 2. The summed E-state index contributed by atoms with van der Waals surface area (Å²) < 4.78 is 23.9. The number of nitrogens with one attached hydrogen (secondary N) is 1. The van der Waals surface area contributed by atoms with Crippen LogP contribution >= 0.6 is 11.8 Å². The maximum absolute atomic E-state index is 7.35. The third kappa shape index (κ3) is 4.59. The quantitative estimate of drug-likeness (QED) is 0.575. The van der Waals surface area contributed by atoms with Crippen LogP contribution in [0.25, 0.3) is 0 Å². The third-order valence-electron chi connectivity index (χ3n) is 5.09. The predicted octanol–water partition coefficient (Wildman–Crippen LogP) is 3.69. The van der Waals surface area contributed by atoms with E-state index in [9.17, 15) is 0 Å². The van der Waals surface area contributed by atoms with Gasteiger partial charge in [0.1, 0.15) is 22.9 Å². The zero-order valence-electron chi connectivity index (χ0n) is 16.1. The molecular weight excluding hydrogens is 390 g/mol. The highest BCUT2D eigenvalue weighted by atomic mass is 32.2. The van der Waals surface area contributed by atoms with Crippen molar-refractivity contribution >= 4 is 11.8 Å². The molecule has 152 valence electrons. The summed E-state index contributed by atoms with van der Waals surface area (Å²) in [6, 6.07) is 19.6. The summed E-state index contributed by atoms with van der Waals surface area (Å²) in [5, 5.41) is 4.06. The summed E-state index contributed by atoms with van der Waals surface area (Å²) in [5.41, 5.74) is 9.49. The molecule has 8 heteroatoms. The Kier molecular flexibility index (Phi) is 6.71. The topological polar surface area (TPSA) is 87.2 Å². The Bertz CT molecular complexity index is 828. The fourth-order valence-corrected chi connectivity index (χ4v) is 4.99. The molecule has 0 radical (unpaired) electrons. The first-order chi connectivity index (χ1) is 14.3. The molecule has 2 fully saturated rings. The third-order valence-corrected chi connectivity index (χ3v) is 6.48. The van der Waals surface area contributed by atoms with Crippen molar-refractivity contribution in [3.05, 3.63) is 71.8 Å². The summed E-state index contributed by atoms with van der Waals surface area (Å²) >= 11 is 1.68. The van der Waals surface area contributed by atoms with Crippen molar-refractivity contribution in [1.82, 2.24) is 4.91 Å². The Hall–Kier alpha value is -2.06. The van der Waals surface area contributed by atoms with Crippen molar-refractivity contribution < 1.29 is 18.9 Å². The van der Waals surface area contributed by atoms with Crippen LogP contribution in [0.1, 0.15) is 17.4 Å². The molecule has 29 heavy (non-hydrogen) atoms.